The molecule has 2 aliphatic rings. The van der Waals surface area contributed by atoms with Crippen LogP contribution in [0.5, 0.6) is 0 Å². The van der Waals surface area contributed by atoms with E-state index in [2.05, 4.69) is 39.6 Å². The van der Waals surface area contributed by atoms with Gasteiger partial charge in [-0.2, -0.15) is 0 Å². The first kappa shape index (κ1) is 13.7. The fraction of sp³-hybridized carbons (Fsp3) is 0.688. The first-order valence-corrected chi connectivity index (χ1v) is 8.06. The van der Waals surface area contributed by atoms with Gasteiger partial charge in [-0.05, 0) is 50.8 Å². The fourth-order valence-corrected chi connectivity index (χ4v) is 3.43. The van der Waals surface area contributed by atoms with E-state index < -0.39 is 0 Å². The predicted molar refractivity (Wildman–Crippen MR) is 84.3 cm³/mol. The van der Waals surface area contributed by atoms with E-state index in [0.29, 0.717) is 6.04 Å². The monoisotopic (exact) mass is 274 g/mol. The van der Waals surface area contributed by atoms with Crippen LogP contribution >= 0.6 is 0 Å². The molecular formula is C16H26N4. The molecule has 0 amide bonds. The third-order valence-corrected chi connectivity index (χ3v) is 4.48. The first-order valence-electron chi connectivity index (χ1n) is 8.06. The van der Waals surface area contributed by atoms with Crippen molar-refractivity contribution in [3.8, 4) is 0 Å². The molecule has 2 saturated heterocycles. The van der Waals surface area contributed by atoms with Gasteiger partial charge in [-0.3, -0.25) is 0 Å². The van der Waals surface area contributed by atoms with Gasteiger partial charge in [-0.15, -0.1) is 0 Å². The molecule has 110 valence electrons. The molecule has 4 nitrogen and oxygen atoms in total. The molecule has 2 aliphatic heterocycles. The SMILES string of the molecule is CCCNc1cccc(NC2CCN3CCCC3C2)n1. The summed E-state index contributed by atoms with van der Waals surface area (Å²) in [6.07, 6.45) is 6.40. The second kappa shape index (κ2) is 6.44. The molecule has 0 radical (unpaired) electrons. The van der Waals surface area contributed by atoms with Gasteiger partial charge in [-0.25, -0.2) is 4.98 Å². The topological polar surface area (TPSA) is 40.2 Å². The van der Waals surface area contributed by atoms with Crippen LogP contribution in [-0.2, 0) is 0 Å². The van der Waals surface area contributed by atoms with E-state index in [-0.39, 0.29) is 0 Å². The number of anilines is 2. The van der Waals surface area contributed by atoms with E-state index in [4.69, 9.17) is 0 Å². The first-order chi connectivity index (χ1) is 9.85. The van der Waals surface area contributed by atoms with Crippen molar-refractivity contribution in [2.75, 3.05) is 30.3 Å². The summed E-state index contributed by atoms with van der Waals surface area (Å²) in [6.45, 7) is 5.71. The predicted octanol–water partition coefficient (Wildman–Crippen LogP) is 2.94. The van der Waals surface area contributed by atoms with Crippen molar-refractivity contribution in [1.82, 2.24) is 9.88 Å². The van der Waals surface area contributed by atoms with Crippen molar-refractivity contribution in [3.05, 3.63) is 18.2 Å². The maximum Gasteiger partial charge on any atom is 0.128 e. The number of hydrogen-bond acceptors (Lipinski definition) is 4. The lowest BCUT2D eigenvalue weighted by molar-refractivity contribution is 0.188. The normalized spacial score (nSPS) is 26.2. The quantitative estimate of drug-likeness (QED) is 0.866. The Morgan fingerprint density at radius 2 is 2.15 bits per heavy atom. The van der Waals surface area contributed by atoms with Gasteiger partial charge in [0.15, 0.2) is 0 Å². The smallest absolute Gasteiger partial charge is 0.128 e. The number of piperidine rings is 1. The van der Waals surface area contributed by atoms with Crippen molar-refractivity contribution in [2.45, 2.75) is 51.1 Å². The van der Waals surface area contributed by atoms with E-state index in [1.54, 1.807) is 0 Å². The lowest BCUT2D eigenvalue weighted by Crippen LogP contribution is -2.42. The Balaban J connectivity index is 1.57. The van der Waals surface area contributed by atoms with Crippen LogP contribution in [-0.4, -0.2) is 41.6 Å². The molecule has 0 aliphatic carbocycles. The Bertz CT molecular complexity index is 434. The van der Waals surface area contributed by atoms with Gasteiger partial charge in [0.2, 0.25) is 0 Å². The molecule has 0 aromatic carbocycles. The van der Waals surface area contributed by atoms with Crippen LogP contribution in [0.3, 0.4) is 0 Å². The minimum absolute atomic E-state index is 0.586. The minimum Gasteiger partial charge on any atom is -0.370 e. The number of fused-ring (bicyclic) bond motifs is 1. The molecule has 2 fully saturated rings. The molecule has 2 unspecified atom stereocenters. The second-order valence-electron chi connectivity index (χ2n) is 6.03. The molecule has 2 atom stereocenters. The average molecular weight is 274 g/mol. The number of hydrogen-bond donors (Lipinski definition) is 2. The van der Waals surface area contributed by atoms with E-state index in [1.165, 1.54) is 38.8 Å². The van der Waals surface area contributed by atoms with Crippen molar-refractivity contribution >= 4 is 11.6 Å². The van der Waals surface area contributed by atoms with Gasteiger partial charge >= 0.3 is 0 Å². The summed E-state index contributed by atoms with van der Waals surface area (Å²) in [5.74, 6) is 2.00. The summed E-state index contributed by atoms with van der Waals surface area (Å²) in [5.41, 5.74) is 0. The zero-order valence-electron chi connectivity index (χ0n) is 12.4. The maximum absolute atomic E-state index is 4.65. The van der Waals surface area contributed by atoms with E-state index in [9.17, 15) is 0 Å². The van der Waals surface area contributed by atoms with Gasteiger partial charge in [0, 0.05) is 25.2 Å². The number of rotatable bonds is 5. The third kappa shape index (κ3) is 3.23. The summed E-state index contributed by atoms with van der Waals surface area (Å²) >= 11 is 0. The van der Waals surface area contributed by atoms with Crippen molar-refractivity contribution in [3.63, 3.8) is 0 Å². The molecule has 1 aromatic heterocycles. The van der Waals surface area contributed by atoms with Crippen molar-refractivity contribution < 1.29 is 0 Å². The van der Waals surface area contributed by atoms with Crippen LogP contribution in [0.1, 0.15) is 39.0 Å². The molecule has 1 aromatic rings. The lowest BCUT2D eigenvalue weighted by Gasteiger charge is -2.35. The Labute approximate surface area is 122 Å². The fourth-order valence-electron chi connectivity index (χ4n) is 3.43. The zero-order valence-corrected chi connectivity index (χ0v) is 12.4. The molecule has 0 spiro atoms. The van der Waals surface area contributed by atoms with Crippen molar-refractivity contribution in [1.29, 1.82) is 0 Å². The zero-order chi connectivity index (χ0) is 13.8. The van der Waals surface area contributed by atoms with Crippen LogP contribution < -0.4 is 10.6 Å². The molecule has 2 N–H and O–H groups in total. The molecule has 20 heavy (non-hydrogen) atoms. The number of nitrogens with one attached hydrogen (secondary N) is 2. The van der Waals surface area contributed by atoms with Gasteiger partial charge in [-0.1, -0.05) is 13.0 Å². The highest BCUT2D eigenvalue weighted by Crippen LogP contribution is 2.28. The molecule has 0 bridgehead atoms. The Kier molecular flexibility index (Phi) is 4.41. The molecule has 3 heterocycles. The molecule has 3 rings (SSSR count). The van der Waals surface area contributed by atoms with Crippen LogP contribution in [0, 0.1) is 0 Å². The standard InChI is InChI=1S/C16H26N4/c1-2-9-17-15-6-3-7-16(19-15)18-13-8-11-20-10-4-5-14(20)12-13/h3,6-7,13-14H,2,4-5,8-12H2,1H3,(H2,17,18,19). The highest BCUT2D eigenvalue weighted by molar-refractivity contribution is 5.45. The Morgan fingerprint density at radius 1 is 1.25 bits per heavy atom. The van der Waals surface area contributed by atoms with Crippen LogP contribution in [0.2, 0.25) is 0 Å². The van der Waals surface area contributed by atoms with Crippen LogP contribution in [0.25, 0.3) is 0 Å². The second-order valence-corrected chi connectivity index (χ2v) is 6.03. The van der Waals surface area contributed by atoms with Gasteiger partial charge in [0.25, 0.3) is 0 Å². The summed E-state index contributed by atoms with van der Waals surface area (Å²) in [4.78, 5) is 7.31. The van der Waals surface area contributed by atoms with Crippen LogP contribution in [0.15, 0.2) is 18.2 Å². The minimum atomic E-state index is 0.586. The maximum atomic E-state index is 4.65. The highest BCUT2D eigenvalue weighted by atomic mass is 15.2. The third-order valence-electron chi connectivity index (χ3n) is 4.48. The summed E-state index contributed by atoms with van der Waals surface area (Å²) < 4.78 is 0. The Hall–Kier alpha value is -1.29. The largest absolute Gasteiger partial charge is 0.370 e. The average Bonchev–Trinajstić information content (AvgIpc) is 2.93. The lowest BCUT2D eigenvalue weighted by atomic mass is 9.97. The van der Waals surface area contributed by atoms with E-state index in [0.717, 1.165) is 30.6 Å². The molecule has 0 saturated carbocycles. The number of aromatic nitrogens is 1. The van der Waals surface area contributed by atoms with E-state index >= 15 is 0 Å². The van der Waals surface area contributed by atoms with Crippen molar-refractivity contribution in [2.24, 2.45) is 0 Å². The number of pyridine rings is 1. The highest BCUT2D eigenvalue weighted by Gasteiger charge is 2.31. The van der Waals surface area contributed by atoms with E-state index in [1.807, 2.05) is 6.07 Å². The summed E-state index contributed by atoms with van der Waals surface area (Å²) in [7, 11) is 0. The number of nitrogens with zero attached hydrogens (tertiary/aromatic N) is 2. The molecular weight excluding hydrogens is 248 g/mol. The molecule has 4 heteroatoms. The van der Waals surface area contributed by atoms with Gasteiger partial charge < -0.3 is 15.5 Å². The summed E-state index contributed by atoms with van der Waals surface area (Å²) in [5, 5.41) is 6.98. The Morgan fingerprint density at radius 3 is 3.05 bits per heavy atom. The summed E-state index contributed by atoms with van der Waals surface area (Å²) in [6, 6.07) is 7.60. The van der Waals surface area contributed by atoms with Gasteiger partial charge in [0.1, 0.15) is 11.6 Å². The van der Waals surface area contributed by atoms with Gasteiger partial charge in [0.05, 0.1) is 0 Å². The van der Waals surface area contributed by atoms with Crippen LogP contribution in [0.4, 0.5) is 11.6 Å².